The molecule has 0 fully saturated rings. The maximum absolute atomic E-state index is 11.9. The lowest BCUT2D eigenvalue weighted by molar-refractivity contribution is -0.132. The number of carbonyl (C=O) groups is 1. The monoisotopic (exact) mass is 389 g/mol. The molecule has 0 aliphatic heterocycles. The molecular formula is C11H12IN5O3. The summed E-state index contributed by atoms with van der Waals surface area (Å²) in [6, 6.07) is 5.42. The van der Waals surface area contributed by atoms with Crippen LogP contribution in [-0.2, 0) is 23.3 Å². The van der Waals surface area contributed by atoms with Gasteiger partial charge in [-0.3, -0.25) is 9.63 Å². The normalized spacial score (nSPS) is 10.6. The van der Waals surface area contributed by atoms with E-state index < -0.39 is 0 Å². The van der Waals surface area contributed by atoms with Crippen LogP contribution in [0.1, 0.15) is 12.5 Å². The molecule has 1 aromatic heterocycles. The summed E-state index contributed by atoms with van der Waals surface area (Å²) < 4.78 is 3.22. The quantitative estimate of drug-likeness (QED) is 0.594. The van der Waals surface area contributed by atoms with Gasteiger partial charge < -0.3 is 0 Å². The first-order valence-electron chi connectivity index (χ1n) is 5.66. The summed E-state index contributed by atoms with van der Waals surface area (Å²) in [5.41, 5.74) is 3.20. The summed E-state index contributed by atoms with van der Waals surface area (Å²) in [4.78, 5) is 27.8. The zero-order valence-corrected chi connectivity index (χ0v) is 13.0. The number of aromatic nitrogens is 4. The van der Waals surface area contributed by atoms with Gasteiger partial charge in [-0.2, -0.15) is 9.36 Å². The van der Waals surface area contributed by atoms with Gasteiger partial charge in [0.05, 0.1) is 5.69 Å². The van der Waals surface area contributed by atoms with Crippen molar-refractivity contribution >= 4 is 28.5 Å². The summed E-state index contributed by atoms with van der Waals surface area (Å²) in [7, 11) is 1.52. The number of aryl methyl sites for hydroxylation is 1. The van der Waals surface area contributed by atoms with Crippen molar-refractivity contribution in [3.05, 3.63) is 37.8 Å². The highest BCUT2D eigenvalue weighted by Gasteiger charge is 2.13. The van der Waals surface area contributed by atoms with Crippen molar-refractivity contribution in [2.75, 3.05) is 0 Å². The minimum Gasteiger partial charge on any atom is -0.273 e. The molecule has 0 unspecified atom stereocenters. The summed E-state index contributed by atoms with van der Waals surface area (Å²) in [5.74, 6) is -0.297. The number of nitrogens with zero attached hydrogens (tertiary/aromatic N) is 4. The highest BCUT2D eigenvalue weighted by atomic mass is 127. The Labute approximate surface area is 127 Å². The van der Waals surface area contributed by atoms with E-state index in [0.717, 1.165) is 13.8 Å². The molecule has 0 spiro atoms. The highest BCUT2D eigenvalue weighted by Crippen LogP contribution is 2.19. The van der Waals surface area contributed by atoms with E-state index in [1.807, 2.05) is 6.07 Å². The lowest BCUT2D eigenvalue weighted by atomic mass is 10.2. The first-order chi connectivity index (χ1) is 9.50. The second kappa shape index (κ2) is 6.13. The fourth-order valence-electron chi connectivity index (χ4n) is 1.56. The lowest BCUT2D eigenvalue weighted by Gasteiger charge is -2.10. The second-order valence-electron chi connectivity index (χ2n) is 3.98. The number of hydrogen-bond donors (Lipinski definition) is 1. The molecule has 8 nitrogen and oxygen atoms in total. The van der Waals surface area contributed by atoms with Gasteiger partial charge in [0.25, 0.3) is 0 Å². The fraction of sp³-hybridized carbons (Fsp3) is 0.273. The third-order valence-corrected chi connectivity index (χ3v) is 3.49. The minimum atomic E-state index is -0.354. The van der Waals surface area contributed by atoms with Crippen LogP contribution in [0.4, 0.5) is 0 Å². The van der Waals surface area contributed by atoms with Gasteiger partial charge in [-0.1, -0.05) is 6.07 Å². The van der Waals surface area contributed by atoms with Gasteiger partial charge in [0.1, 0.15) is 6.61 Å². The van der Waals surface area contributed by atoms with Crippen molar-refractivity contribution in [2.24, 2.45) is 7.05 Å². The van der Waals surface area contributed by atoms with Crippen LogP contribution >= 0.6 is 22.6 Å². The number of hydrogen-bond acceptors (Lipinski definition) is 5. The van der Waals surface area contributed by atoms with Crippen LogP contribution in [0.15, 0.2) is 23.0 Å². The molecule has 106 valence electrons. The van der Waals surface area contributed by atoms with E-state index in [-0.39, 0.29) is 18.2 Å². The molecule has 0 aliphatic rings. The van der Waals surface area contributed by atoms with E-state index in [2.05, 4.69) is 38.5 Å². The average molecular weight is 389 g/mol. The van der Waals surface area contributed by atoms with Crippen LogP contribution in [0.5, 0.6) is 0 Å². The van der Waals surface area contributed by atoms with Gasteiger partial charge in [-0.15, -0.1) is 0 Å². The molecule has 0 saturated heterocycles. The Morgan fingerprint density at radius 2 is 2.20 bits per heavy atom. The highest BCUT2D eigenvalue weighted by molar-refractivity contribution is 14.1. The second-order valence-corrected chi connectivity index (χ2v) is 5.14. The molecule has 0 bridgehead atoms. The van der Waals surface area contributed by atoms with Crippen molar-refractivity contribution in [2.45, 2.75) is 13.5 Å². The van der Waals surface area contributed by atoms with Gasteiger partial charge in [-0.05, 0) is 45.2 Å². The van der Waals surface area contributed by atoms with E-state index in [9.17, 15) is 9.59 Å². The van der Waals surface area contributed by atoms with Gasteiger partial charge in [0, 0.05) is 23.1 Å². The van der Waals surface area contributed by atoms with Gasteiger partial charge in [0.2, 0.25) is 5.91 Å². The third-order valence-electron chi connectivity index (χ3n) is 2.48. The summed E-state index contributed by atoms with van der Waals surface area (Å²) in [6.45, 7) is 1.47. The Bertz CT molecular complexity index is 694. The maximum atomic E-state index is 11.9. The molecule has 1 N–H and O–H groups in total. The number of tetrazole rings is 1. The van der Waals surface area contributed by atoms with E-state index in [0.29, 0.717) is 5.69 Å². The van der Waals surface area contributed by atoms with Crippen LogP contribution in [0.25, 0.3) is 5.69 Å². The molecule has 1 amide bonds. The lowest BCUT2D eigenvalue weighted by Crippen LogP contribution is -2.24. The van der Waals surface area contributed by atoms with Crippen molar-refractivity contribution < 1.29 is 9.63 Å². The zero-order chi connectivity index (χ0) is 14.7. The van der Waals surface area contributed by atoms with Crippen LogP contribution < -0.4 is 11.2 Å². The minimum absolute atomic E-state index is 0.122. The Kier molecular flexibility index (Phi) is 4.49. The topological polar surface area (TPSA) is 91.0 Å². The number of nitrogens with one attached hydrogen (secondary N) is 1. The van der Waals surface area contributed by atoms with Crippen molar-refractivity contribution in [1.82, 2.24) is 25.3 Å². The van der Waals surface area contributed by atoms with Crippen LogP contribution in [0.3, 0.4) is 0 Å². The third kappa shape index (κ3) is 3.04. The number of carbonyl (C=O) groups excluding carboxylic acids is 1. The smallest absolute Gasteiger partial charge is 0.273 e. The van der Waals surface area contributed by atoms with E-state index >= 15 is 0 Å². The van der Waals surface area contributed by atoms with Gasteiger partial charge in [0.15, 0.2) is 0 Å². The van der Waals surface area contributed by atoms with Crippen LogP contribution in [0.2, 0.25) is 0 Å². The number of hydroxylamine groups is 1. The summed E-state index contributed by atoms with van der Waals surface area (Å²) >= 11 is 2.13. The van der Waals surface area contributed by atoms with Gasteiger partial charge in [-0.25, -0.2) is 10.3 Å². The molecule has 0 radical (unpaired) electrons. The van der Waals surface area contributed by atoms with Crippen molar-refractivity contribution in [1.29, 1.82) is 0 Å². The van der Waals surface area contributed by atoms with E-state index in [1.165, 1.54) is 18.7 Å². The number of rotatable bonds is 4. The maximum Gasteiger partial charge on any atom is 0.368 e. The number of benzene rings is 1. The molecule has 1 heterocycles. The molecule has 9 heteroatoms. The molecule has 1 aromatic carbocycles. The predicted molar refractivity (Wildman–Crippen MR) is 77.9 cm³/mol. The standard InChI is InChI=1S/C11H12IN5O3/c1-7(18)13-20-6-8-9(12)4-3-5-10(8)17-11(19)16(2)14-15-17/h3-5H,6H2,1-2H3,(H,13,18). The fourth-order valence-corrected chi connectivity index (χ4v) is 2.20. The first-order valence-corrected chi connectivity index (χ1v) is 6.73. The SMILES string of the molecule is CC(=O)NOCc1c(I)cccc1-n1nnn(C)c1=O. The molecule has 2 aromatic rings. The predicted octanol–water partition coefficient (Wildman–Crippen LogP) is 0.138. The molecule has 2 rings (SSSR count). The largest absolute Gasteiger partial charge is 0.368 e. The Morgan fingerprint density at radius 3 is 2.80 bits per heavy atom. The van der Waals surface area contributed by atoms with Crippen molar-refractivity contribution in [3.8, 4) is 5.69 Å². The first kappa shape index (κ1) is 14.7. The molecule has 0 saturated carbocycles. The number of amides is 1. The zero-order valence-electron chi connectivity index (χ0n) is 10.8. The summed E-state index contributed by atoms with van der Waals surface area (Å²) in [6.07, 6.45) is 0. The Balaban J connectivity index is 2.38. The van der Waals surface area contributed by atoms with E-state index in [1.54, 1.807) is 12.1 Å². The van der Waals surface area contributed by atoms with Crippen LogP contribution in [0, 0.1) is 3.57 Å². The Morgan fingerprint density at radius 1 is 1.45 bits per heavy atom. The average Bonchev–Trinajstić information content (AvgIpc) is 2.72. The van der Waals surface area contributed by atoms with Crippen LogP contribution in [-0.4, -0.2) is 25.7 Å². The number of halogens is 1. The van der Waals surface area contributed by atoms with Gasteiger partial charge >= 0.3 is 5.69 Å². The Hall–Kier alpha value is -1.75. The van der Waals surface area contributed by atoms with E-state index in [4.69, 9.17) is 4.84 Å². The molecule has 20 heavy (non-hydrogen) atoms. The van der Waals surface area contributed by atoms with Crippen molar-refractivity contribution in [3.63, 3.8) is 0 Å². The molecular weight excluding hydrogens is 377 g/mol. The molecule has 0 aliphatic carbocycles. The summed E-state index contributed by atoms with van der Waals surface area (Å²) in [5, 5.41) is 7.48. The molecule has 0 atom stereocenters.